The van der Waals surface area contributed by atoms with E-state index in [1.807, 2.05) is 42.5 Å². The highest BCUT2D eigenvalue weighted by Crippen LogP contribution is 2.19. The molecule has 3 rings (SSSR count). The second-order valence-electron chi connectivity index (χ2n) is 6.67. The number of nitrogens with zero attached hydrogens (tertiary/aromatic N) is 1. The molecule has 144 valence electrons. The molecular weight excluding hydrogens is 360 g/mol. The van der Waals surface area contributed by atoms with Crippen molar-refractivity contribution < 1.29 is 4.79 Å². The fourth-order valence-corrected chi connectivity index (χ4v) is 3.07. The van der Waals surface area contributed by atoms with Crippen molar-refractivity contribution in [3.05, 3.63) is 53.6 Å². The van der Waals surface area contributed by atoms with Gasteiger partial charge in [-0.15, -0.1) is 12.4 Å². The molecule has 6 heteroatoms. The van der Waals surface area contributed by atoms with E-state index in [2.05, 4.69) is 22.2 Å². The number of hydrogen-bond acceptors (Lipinski definition) is 3. The predicted molar refractivity (Wildman–Crippen MR) is 115 cm³/mol. The van der Waals surface area contributed by atoms with Gasteiger partial charge in [-0.2, -0.15) is 0 Å². The number of fused-ring (bicyclic) bond motifs is 1. The molecule has 0 fully saturated rings. The van der Waals surface area contributed by atoms with Gasteiger partial charge < -0.3 is 16.0 Å². The van der Waals surface area contributed by atoms with Crippen LogP contribution in [0.5, 0.6) is 0 Å². The van der Waals surface area contributed by atoms with Gasteiger partial charge >= 0.3 is 0 Å². The highest BCUT2D eigenvalue weighted by Gasteiger charge is 2.08. The lowest BCUT2D eigenvalue weighted by Gasteiger charge is -2.07. The van der Waals surface area contributed by atoms with Crippen molar-refractivity contribution >= 4 is 41.0 Å². The number of hydrogen-bond donors (Lipinski definition) is 3. The van der Waals surface area contributed by atoms with Gasteiger partial charge in [-0.25, -0.2) is 4.98 Å². The van der Waals surface area contributed by atoms with Crippen LogP contribution in [0.1, 0.15) is 54.9 Å². The number of aromatic amines is 1. The average Bonchev–Trinajstić information content (AvgIpc) is 3.01. The van der Waals surface area contributed by atoms with Gasteiger partial charge in [0.25, 0.3) is 5.91 Å². The van der Waals surface area contributed by atoms with E-state index < -0.39 is 0 Å². The third-order valence-electron chi connectivity index (χ3n) is 4.54. The molecule has 0 radical (unpaired) electrons. The van der Waals surface area contributed by atoms with E-state index in [0.29, 0.717) is 17.2 Å². The van der Waals surface area contributed by atoms with Crippen LogP contribution in [0.4, 0.5) is 11.6 Å². The van der Waals surface area contributed by atoms with E-state index in [4.69, 9.17) is 5.73 Å². The highest BCUT2D eigenvalue weighted by atomic mass is 35.5. The SMILES string of the molecule is CCCCCCCc1ccc(C(=O)Nc2ccc3nc(N)[nH]c3c2)cc1.Cl. The Kier molecular flexibility index (Phi) is 7.67. The Hall–Kier alpha value is -2.53. The summed E-state index contributed by atoms with van der Waals surface area (Å²) in [6.45, 7) is 2.23. The third kappa shape index (κ3) is 5.73. The van der Waals surface area contributed by atoms with Crippen LogP contribution in [0.3, 0.4) is 0 Å². The monoisotopic (exact) mass is 386 g/mol. The largest absolute Gasteiger partial charge is 0.369 e. The first-order chi connectivity index (χ1) is 12.7. The molecule has 2 aromatic carbocycles. The average molecular weight is 387 g/mol. The Balaban J connectivity index is 0.00000261. The first-order valence-electron chi connectivity index (χ1n) is 9.31. The van der Waals surface area contributed by atoms with Crippen LogP contribution in [0, 0.1) is 0 Å². The Morgan fingerprint density at radius 1 is 1.07 bits per heavy atom. The van der Waals surface area contributed by atoms with E-state index in [9.17, 15) is 4.79 Å². The van der Waals surface area contributed by atoms with Gasteiger partial charge in [0.15, 0.2) is 5.95 Å². The number of benzene rings is 2. The molecule has 0 aliphatic rings. The summed E-state index contributed by atoms with van der Waals surface area (Å²) in [5, 5.41) is 2.92. The van der Waals surface area contributed by atoms with Crippen molar-refractivity contribution in [3.63, 3.8) is 0 Å². The molecule has 1 amide bonds. The number of H-pyrrole nitrogens is 1. The number of anilines is 2. The summed E-state index contributed by atoms with van der Waals surface area (Å²) in [4.78, 5) is 19.6. The number of halogens is 1. The van der Waals surface area contributed by atoms with Crippen molar-refractivity contribution in [1.29, 1.82) is 0 Å². The number of rotatable bonds is 8. The standard InChI is InChI=1S/C21H26N4O.ClH/c1-2-3-4-5-6-7-15-8-10-16(11-9-15)20(26)23-17-12-13-18-19(14-17)25-21(22)24-18;/h8-14H,2-7H2,1H3,(H,23,26)(H3,22,24,25);1H. The minimum absolute atomic E-state index is 0. The minimum Gasteiger partial charge on any atom is -0.369 e. The molecule has 4 N–H and O–H groups in total. The van der Waals surface area contributed by atoms with Gasteiger partial charge in [0.1, 0.15) is 0 Å². The maximum Gasteiger partial charge on any atom is 0.255 e. The summed E-state index contributed by atoms with van der Waals surface area (Å²) in [6.07, 6.45) is 7.45. The Bertz CT molecular complexity index is 874. The van der Waals surface area contributed by atoms with Crippen molar-refractivity contribution in [2.75, 3.05) is 11.1 Å². The zero-order valence-electron chi connectivity index (χ0n) is 15.6. The molecule has 0 aliphatic heterocycles. The number of aromatic nitrogens is 2. The number of nitrogen functional groups attached to an aromatic ring is 1. The number of unbranched alkanes of at least 4 members (excludes halogenated alkanes) is 4. The number of nitrogens with two attached hydrogens (primary N) is 1. The summed E-state index contributed by atoms with van der Waals surface area (Å²) in [5.74, 6) is 0.250. The van der Waals surface area contributed by atoms with Crippen LogP contribution in [0.25, 0.3) is 11.0 Å². The van der Waals surface area contributed by atoms with Crippen LogP contribution in [-0.4, -0.2) is 15.9 Å². The van der Waals surface area contributed by atoms with Crippen molar-refractivity contribution in [2.45, 2.75) is 45.4 Å². The smallest absolute Gasteiger partial charge is 0.255 e. The number of imidazole rings is 1. The molecule has 0 spiro atoms. The molecule has 27 heavy (non-hydrogen) atoms. The lowest BCUT2D eigenvalue weighted by atomic mass is 10.0. The van der Waals surface area contributed by atoms with Gasteiger partial charge in [0, 0.05) is 11.3 Å². The van der Waals surface area contributed by atoms with E-state index in [0.717, 1.165) is 17.5 Å². The maximum atomic E-state index is 12.4. The van der Waals surface area contributed by atoms with E-state index >= 15 is 0 Å². The van der Waals surface area contributed by atoms with Crippen LogP contribution < -0.4 is 11.1 Å². The highest BCUT2D eigenvalue weighted by molar-refractivity contribution is 6.05. The van der Waals surface area contributed by atoms with Gasteiger partial charge in [-0.1, -0.05) is 44.7 Å². The van der Waals surface area contributed by atoms with E-state index in [-0.39, 0.29) is 18.3 Å². The fraction of sp³-hybridized carbons (Fsp3) is 0.333. The zero-order chi connectivity index (χ0) is 18.4. The molecule has 0 aliphatic carbocycles. The molecule has 1 aromatic heterocycles. The first kappa shape index (κ1) is 20.8. The number of aryl methyl sites for hydroxylation is 1. The Labute approximate surface area is 166 Å². The molecule has 1 heterocycles. The van der Waals surface area contributed by atoms with Crippen LogP contribution >= 0.6 is 12.4 Å². The van der Waals surface area contributed by atoms with Crippen molar-refractivity contribution in [1.82, 2.24) is 9.97 Å². The lowest BCUT2D eigenvalue weighted by molar-refractivity contribution is 0.102. The summed E-state index contributed by atoms with van der Waals surface area (Å²) >= 11 is 0. The number of amides is 1. The Morgan fingerprint density at radius 3 is 2.56 bits per heavy atom. The van der Waals surface area contributed by atoms with Gasteiger partial charge in [0.2, 0.25) is 0 Å². The molecular formula is C21H27ClN4O. The Morgan fingerprint density at radius 2 is 1.81 bits per heavy atom. The second kappa shape index (κ2) is 9.97. The summed E-state index contributed by atoms with van der Waals surface area (Å²) in [7, 11) is 0. The normalized spacial score (nSPS) is 10.6. The molecule has 0 atom stereocenters. The van der Waals surface area contributed by atoms with Crippen molar-refractivity contribution in [3.8, 4) is 0 Å². The zero-order valence-corrected chi connectivity index (χ0v) is 16.4. The van der Waals surface area contributed by atoms with E-state index in [1.165, 1.54) is 37.7 Å². The molecule has 0 unspecified atom stereocenters. The quantitative estimate of drug-likeness (QED) is 0.457. The second-order valence-corrected chi connectivity index (χ2v) is 6.67. The summed E-state index contributed by atoms with van der Waals surface area (Å²) in [5.41, 5.74) is 9.89. The molecule has 0 bridgehead atoms. The lowest BCUT2D eigenvalue weighted by Crippen LogP contribution is -2.11. The van der Waals surface area contributed by atoms with Gasteiger partial charge in [-0.3, -0.25) is 4.79 Å². The fourth-order valence-electron chi connectivity index (χ4n) is 3.07. The van der Waals surface area contributed by atoms with Crippen molar-refractivity contribution in [2.24, 2.45) is 0 Å². The third-order valence-corrected chi connectivity index (χ3v) is 4.54. The number of nitrogens with one attached hydrogen (secondary N) is 2. The van der Waals surface area contributed by atoms with E-state index in [1.54, 1.807) is 0 Å². The topological polar surface area (TPSA) is 83.8 Å². The van der Waals surface area contributed by atoms with Crippen LogP contribution in [0.2, 0.25) is 0 Å². The summed E-state index contributed by atoms with van der Waals surface area (Å²) in [6, 6.07) is 13.4. The van der Waals surface area contributed by atoms with Crippen LogP contribution in [0.15, 0.2) is 42.5 Å². The molecule has 5 nitrogen and oxygen atoms in total. The molecule has 0 saturated heterocycles. The van der Waals surface area contributed by atoms with Gasteiger partial charge in [0.05, 0.1) is 11.0 Å². The minimum atomic E-state index is -0.119. The number of carbonyl (C=O) groups excluding carboxylic acids is 1. The van der Waals surface area contributed by atoms with Gasteiger partial charge in [-0.05, 0) is 48.7 Å². The predicted octanol–water partition coefficient (Wildman–Crippen LogP) is 5.33. The van der Waals surface area contributed by atoms with Crippen LogP contribution in [-0.2, 0) is 6.42 Å². The number of carbonyl (C=O) groups is 1. The maximum absolute atomic E-state index is 12.4. The summed E-state index contributed by atoms with van der Waals surface area (Å²) < 4.78 is 0. The molecule has 3 aromatic rings. The first-order valence-corrected chi connectivity index (χ1v) is 9.31. The molecule has 0 saturated carbocycles.